The van der Waals surface area contributed by atoms with Crippen molar-refractivity contribution in [2.45, 2.75) is 38.5 Å². The number of hydrogen-bond donors (Lipinski definition) is 2. The van der Waals surface area contributed by atoms with E-state index in [4.69, 9.17) is 11.6 Å². The fourth-order valence-electron chi connectivity index (χ4n) is 2.90. The maximum Gasteiger partial charge on any atom is 0.223 e. The number of rotatable bonds is 6. The molecule has 1 atom stereocenters. The van der Waals surface area contributed by atoms with Gasteiger partial charge < -0.3 is 5.32 Å². The van der Waals surface area contributed by atoms with Crippen molar-refractivity contribution >= 4 is 28.8 Å². The van der Waals surface area contributed by atoms with Gasteiger partial charge in [0.05, 0.1) is 10.5 Å². The highest BCUT2D eigenvalue weighted by Crippen LogP contribution is 2.24. The number of thiophene rings is 1. The zero-order valence-electron chi connectivity index (χ0n) is 12.4. The minimum absolute atomic E-state index is 0.0871. The molecule has 4 nitrogen and oxygen atoms in total. The first-order valence-corrected chi connectivity index (χ1v) is 8.95. The number of amides is 1. The van der Waals surface area contributed by atoms with Crippen molar-refractivity contribution in [3.63, 3.8) is 0 Å². The molecule has 2 N–H and O–H groups in total. The number of carbonyl (C=O) groups excluding carboxylic acids is 1. The summed E-state index contributed by atoms with van der Waals surface area (Å²) in [4.78, 5) is 13.5. The van der Waals surface area contributed by atoms with Crippen molar-refractivity contribution in [2.24, 2.45) is 5.92 Å². The highest BCUT2D eigenvalue weighted by Gasteiger charge is 2.25. The number of nitrogens with zero attached hydrogens (tertiary/aromatic N) is 1. The molecule has 3 rings (SSSR count). The lowest BCUT2D eigenvalue weighted by Gasteiger charge is -2.20. The van der Waals surface area contributed by atoms with Crippen LogP contribution in [0.2, 0.25) is 4.34 Å². The molecule has 0 unspecified atom stereocenters. The number of halogens is 1. The van der Waals surface area contributed by atoms with Crippen molar-refractivity contribution in [3.05, 3.63) is 38.8 Å². The van der Waals surface area contributed by atoms with Gasteiger partial charge >= 0.3 is 0 Å². The van der Waals surface area contributed by atoms with Gasteiger partial charge in [-0.2, -0.15) is 5.10 Å². The topological polar surface area (TPSA) is 57.8 Å². The molecular weight excluding hydrogens is 318 g/mol. The van der Waals surface area contributed by atoms with Crippen LogP contribution in [0.15, 0.2) is 18.3 Å². The van der Waals surface area contributed by atoms with Gasteiger partial charge in [-0.15, -0.1) is 11.3 Å². The Hall–Kier alpha value is -1.33. The molecule has 0 saturated carbocycles. The number of aryl methyl sites for hydroxylation is 2. The highest BCUT2D eigenvalue weighted by atomic mass is 35.5. The molecule has 0 aliphatic heterocycles. The van der Waals surface area contributed by atoms with E-state index >= 15 is 0 Å². The summed E-state index contributed by atoms with van der Waals surface area (Å²) in [7, 11) is 0. The van der Waals surface area contributed by atoms with Crippen LogP contribution in [-0.2, 0) is 24.1 Å². The maximum absolute atomic E-state index is 12.2. The summed E-state index contributed by atoms with van der Waals surface area (Å²) in [6, 6.07) is 4.02. The molecule has 2 heterocycles. The van der Waals surface area contributed by atoms with Crippen molar-refractivity contribution in [3.8, 4) is 0 Å². The molecule has 1 aliphatic rings. The van der Waals surface area contributed by atoms with Crippen LogP contribution in [0.1, 0.15) is 35.4 Å². The van der Waals surface area contributed by atoms with E-state index in [1.807, 2.05) is 12.3 Å². The third-order valence-corrected chi connectivity index (χ3v) is 5.46. The summed E-state index contributed by atoms with van der Waals surface area (Å²) >= 11 is 7.55. The van der Waals surface area contributed by atoms with E-state index in [-0.39, 0.29) is 11.8 Å². The molecular formula is C16H20ClN3OS. The Bertz CT molecular complexity index is 637. The summed E-state index contributed by atoms with van der Waals surface area (Å²) in [5, 5.41) is 10.1. The van der Waals surface area contributed by atoms with E-state index in [1.54, 1.807) is 11.3 Å². The minimum atomic E-state index is 0.0871. The molecule has 0 fully saturated rings. The molecule has 0 radical (unpaired) electrons. The first-order valence-electron chi connectivity index (χ1n) is 7.75. The second-order valence-electron chi connectivity index (χ2n) is 5.77. The Balaban J connectivity index is 1.34. The average Bonchev–Trinajstić information content (AvgIpc) is 3.14. The molecule has 118 valence electrons. The lowest BCUT2D eigenvalue weighted by Crippen LogP contribution is -2.34. The number of hydrogen-bond acceptors (Lipinski definition) is 3. The number of aromatic amines is 1. The zero-order chi connectivity index (χ0) is 15.4. The molecule has 1 aliphatic carbocycles. The Kier molecular flexibility index (Phi) is 5.16. The van der Waals surface area contributed by atoms with E-state index in [0.29, 0.717) is 0 Å². The van der Waals surface area contributed by atoms with Gasteiger partial charge in [-0.25, -0.2) is 0 Å². The van der Waals surface area contributed by atoms with Crippen molar-refractivity contribution in [1.82, 2.24) is 15.5 Å². The summed E-state index contributed by atoms with van der Waals surface area (Å²) in [6.45, 7) is 0.754. The van der Waals surface area contributed by atoms with E-state index in [0.717, 1.165) is 55.1 Å². The lowest BCUT2D eigenvalue weighted by atomic mass is 9.87. The van der Waals surface area contributed by atoms with Crippen molar-refractivity contribution in [2.75, 3.05) is 6.54 Å². The average molecular weight is 338 g/mol. The van der Waals surface area contributed by atoms with E-state index in [9.17, 15) is 4.79 Å². The second kappa shape index (κ2) is 7.29. The Morgan fingerprint density at radius 3 is 3.18 bits per heavy atom. The fraction of sp³-hybridized carbons (Fsp3) is 0.500. The van der Waals surface area contributed by atoms with Gasteiger partial charge in [0, 0.05) is 29.5 Å². The number of carbonyl (C=O) groups is 1. The zero-order valence-corrected chi connectivity index (χ0v) is 14.0. The predicted molar refractivity (Wildman–Crippen MR) is 89.4 cm³/mol. The maximum atomic E-state index is 12.2. The summed E-state index contributed by atoms with van der Waals surface area (Å²) in [5.41, 5.74) is 2.39. The van der Waals surface area contributed by atoms with Gasteiger partial charge in [-0.05, 0) is 49.8 Å². The molecule has 0 aromatic carbocycles. The molecule has 2 aromatic heterocycles. The Labute approximate surface area is 139 Å². The van der Waals surface area contributed by atoms with Crippen molar-refractivity contribution < 1.29 is 4.79 Å². The van der Waals surface area contributed by atoms with Gasteiger partial charge in [-0.3, -0.25) is 9.89 Å². The van der Waals surface area contributed by atoms with Crippen LogP contribution in [0.4, 0.5) is 0 Å². The Morgan fingerprint density at radius 2 is 2.36 bits per heavy atom. The molecule has 0 saturated heterocycles. The third-order valence-electron chi connectivity index (χ3n) is 4.17. The normalized spacial score (nSPS) is 17.2. The van der Waals surface area contributed by atoms with Crippen LogP contribution >= 0.6 is 22.9 Å². The van der Waals surface area contributed by atoms with Gasteiger partial charge in [0.15, 0.2) is 0 Å². The number of aromatic nitrogens is 2. The van der Waals surface area contributed by atoms with Gasteiger partial charge in [0.1, 0.15) is 0 Å². The summed E-state index contributed by atoms with van der Waals surface area (Å²) in [6.07, 6.45) is 7.65. The van der Waals surface area contributed by atoms with E-state index < -0.39 is 0 Å². The van der Waals surface area contributed by atoms with Crippen molar-refractivity contribution in [1.29, 1.82) is 0 Å². The van der Waals surface area contributed by atoms with Crippen LogP contribution < -0.4 is 5.32 Å². The first-order chi connectivity index (χ1) is 10.7. The number of H-pyrrole nitrogens is 1. The van der Waals surface area contributed by atoms with E-state index in [1.165, 1.54) is 10.4 Å². The number of nitrogens with one attached hydrogen (secondary N) is 2. The minimum Gasteiger partial charge on any atom is -0.356 e. The van der Waals surface area contributed by atoms with Crippen LogP contribution in [0, 0.1) is 5.92 Å². The standard InChI is InChI=1S/C16H20ClN3OS/c17-15-7-6-13(22-15)3-1-2-8-18-16(21)11-4-5-12-10-19-20-14(12)9-11/h6-7,10-11H,1-5,8-9H2,(H,18,21)(H,19,20)/t11-/m1/s1. The second-order valence-corrected chi connectivity index (χ2v) is 7.57. The van der Waals surface area contributed by atoms with Crippen LogP contribution in [-0.4, -0.2) is 22.6 Å². The molecule has 2 aromatic rings. The predicted octanol–water partition coefficient (Wildman–Crippen LogP) is 3.37. The van der Waals surface area contributed by atoms with E-state index in [2.05, 4.69) is 21.6 Å². The molecule has 0 spiro atoms. The molecule has 1 amide bonds. The third kappa shape index (κ3) is 3.90. The van der Waals surface area contributed by atoms with Gasteiger partial charge in [0.25, 0.3) is 0 Å². The molecule has 0 bridgehead atoms. The molecule has 22 heavy (non-hydrogen) atoms. The lowest BCUT2D eigenvalue weighted by molar-refractivity contribution is -0.125. The van der Waals surface area contributed by atoms with Gasteiger partial charge in [0.2, 0.25) is 5.91 Å². The summed E-state index contributed by atoms with van der Waals surface area (Å²) < 4.78 is 0.846. The van der Waals surface area contributed by atoms with Crippen LogP contribution in [0.3, 0.4) is 0 Å². The number of fused-ring (bicyclic) bond motifs is 1. The highest BCUT2D eigenvalue weighted by molar-refractivity contribution is 7.16. The largest absolute Gasteiger partial charge is 0.356 e. The van der Waals surface area contributed by atoms with Crippen LogP contribution in [0.25, 0.3) is 0 Å². The summed E-state index contributed by atoms with van der Waals surface area (Å²) in [5.74, 6) is 0.267. The monoisotopic (exact) mass is 337 g/mol. The SMILES string of the molecule is O=C(NCCCCc1ccc(Cl)s1)[C@@H]1CCc2cn[nH]c2C1. The first kappa shape index (κ1) is 15.6. The van der Waals surface area contributed by atoms with Crippen LogP contribution in [0.5, 0.6) is 0 Å². The fourth-order valence-corrected chi connectivity index (χ4v) is 4.03. The smallest absolute Gasteiger partial charge is 0.223 e. The molecule has 6 heteroatoms. The van der Waals surface area contributed by atoms with Gasteiger partial charge in [-0.1, -0.05) is 11.6 Å². The Morgan fingerprint density at radius 1 is 1.45 bits per heavy atom. The number of unbranched alkanes of at least 4 members (excludes halogenated alkanes) is 1. The quantitative estimate of drug-likeness (QED) is 0.794.